The molecule has 0 saturated heterocycles. The first-order valence-corrected chi connectivity index (χ1v) is 8.19. The summed E-state index contributed by atoms with van der Waals surface area (Å²) in [6.07, 6.45) is 0. The third-order valence-electron chi connectivity index (χ3n) is 3.73. The minimum atomic E-state index is -0.426. The summed E-state index contributed by atoms with van der Waals surface area (Å²) in [4.78, 5) is 20.9. The van der Waals surface area contributed by atoms with Gasteiger partial charge in [-0.2, -0.15) is 5.26 Å². The van der Waals surface area contributed by atoms with Gasteiger partial charge in [-0.3, -0.25) is 4.79 Å². The van der Waals surface area contributed by atoms with Crippen LogP contribution in [0.25, 0.3) is 0 Å². The first-order chi connectivity index (χ1) is 13.0. The van der Waals surface area contributed by atoms with Crippen molar-refractivity contribution in [3.05, 3.63) is 82.9 Å². The van der Waals surface area contributed by atoms with Crippen molar-refractivity contribution < 1.29 is 9.18 Å². The Morgan fingerprint density at radius 2 is 1.96 bits per heavy atom. The van der Waals surface area contributed by atoms with Crippen LogP contribution in [0, 0.1) is 24.1 Å². The molecule has 1 aromatic heterocycles. The maximum atomic E-state index is 13.7. The molecule has 1 amide bonds. The van der Waals surface area contributed by atoms with Crippen LogP contribution in [0.2, 0.25) is 0 Å². The van der Waals surface area contributed by atoms with Gasteiger partial charge in [-0.25, -0.2) is 14.4 Å². The number of halogens is 1. The Kier molecular flexibility index (Phi) is 5.38. The topological polar surface area (TPSA) is 90.7 Å². The Balaban J connectivity index is 1.75. The number of hydrogen-bond acceptors (Lipinski definition) is 5. The van der Waals surface area contributed by atoms with Crippen molar-refractivity contribution in [1.82, 2.24) is 9.97 Å². The quantitative estimate of drug-likeness (QED) is 0.724. The zero-order valence-corrected chi connectivity index (χ0v) is 14.5. The van der Waals surface area contributed by atoms with E-state index < -0.39 is 5.91 Å². The molecule has 3 aromatic rings. The summed E-state index contributed by atoms with van der Waals surface area (Å²) < 4.78 is 13.7. The molecular formula is C20H16FN5O. The zero-order valence-electron chi connectivity index (χ0n) is 14.5. The van der Waals surface area contributed by atoms with Crippen molar-refractivity contribution in [2.45, 2.75) is 13.5 Å². The van der Waals surface area contributed by atoms with Crippen molar-refractivity contribution in [1.29, 1.82) is 5.26 Å². The van der Waals surface area contributed by atoms with E-state index in [9.17, 15) is 9.18 Å². The number of nitrogens with zero attached hydrogens (tertiary/aromatic N) is 3. The second-order valence-corrected chi connectivity index (χ2v) is 5.81. The number of rotatable bonds is 5. The maximum Gasteiger partial charge on any atom is 0.274 e. The Bertz CT molecular complexity index is 1030. The number of anilines is 2. The lowest BCUT2D eigenvalue weighted by Crippen LogP contribution is -2.16. The molecule has 134 valence electrons. The first kappa shape index (κ1) is 18.0. The zero-order chi connectivity index (χ0) is 19.2. The number of nitriles is 1. The average Bonchev–Trinajstić information content (AvgIpc) is 2.67. The minimum Gasteiger partial charge on any atom is -0.350 e. The van der Waals surface area contributed by atoms with Gasteiger partial charge >= 0.3 is 0 Å². The van der Waals surface area contributed by atoms with Gasteiger partial charge in [0.05, 0.1) is 11.6 Å². The van der Waals surface area contributed by atoms with Gasteiger partial charge in [-0.05, 0) is 37.3 Å². The van der Waals surface area contributed by atoms with Crippen molar-refractivity contribution in [3.63, 3.8) is 0 Å². The van der Waals surface area contributed by atoms with Gasteiger partial charge in [0, 0.05) is 23.5 Å². The van der Waals surface area contributed by atoms with Crippen LogP contribution < -0.4 is 10.6 Å². The summed E-state index contributed by atoms with van der Waals surface area (Å²) in [6.45, 7) is 1.93. The molecular weight excluding hydrogens is 345 g/mol. The lowest BCUT2D eigenvalue weighted by Gasteiger charge is -2.09. The van der Waals surface area contributed by atoms with Gasteiger partial charge < -0.3 is 10.6 Å². The third kappa shape index (κ3) is 4.64. The predicted molar refractivity (Wildman–Crippen MR) is 99.6 cm³/mol. The molecule has 1 heterocycles. The molecule has 0 bridgehead atoms. The van der Waals surface area contributed by atoms with E-state index in [0.717, 1.165) is 0 Å². The number of amides is 1. The van der Waals surface area contributed by atoms with Crippen LogP contribution in [-0.2, 0) is 6.54 Å². The normalized spacial score (nSPS) is 10.1. The van der Waals surface area contributed by atoms with Crippen LogP contribution in [0.15, 0.2) is 54.6 Å². The maximum absolute atomic E-state index is 13.7. The molecule has 0 unspecified atom stereocenters. The van der Waals surface area contributed by atoms with Gasteiger partial charge in [-0.15, -0.1) is 0 Å². The smallest absolute Gasteiger partial charge is 0.274 e. The van der Waals surface area contributed by atoms with Crippen LogP contribution in [0.5, 0.6) is 0 Å². The first-order valence-electron chi connectivity index (χ1n) is 8.19. The molecule has 0 saturated carbocycles. The summed E-state index contributed by atoms with van der Waals surface area (Å²) in [7, 11) is 0. The van der Waals surface area contributed by atoms with Crippen LogP contribution in [0.3, 0.4) is 0 Å². The predicted octanol–water partition coefficient (Wildman–Crippen LogP) is 3.66. The second-order valence-electron chi connectivity index (χ2n) is 5.81. The SMILES string of the molecule is Cc1cc(C(=O)Nc2cccc(C#N)c2)nc(NCc2ccccc2F)n1. The molecule has 0 spiro atoms. The number of carbonyl (C=O) groups is 1. The molecule has 0 aliphatic heterocycles. The Hall–Kier alpha value is -3.79. The monoisotopic (exact) mass is 361 g/mol. The number of nitrogens with one attached hydrogen (secondary N) is 2. The molecule has 0 aliphatic rings. The Morgan fingerprint density at radius 1 is 1.15 bits per heavy atom. The minimum absolute atomic E-state index is 0.167. The molecule has 2 N–H and O–H groups in total. The standard InChI is InChI=1S/C20H16FN5O/c1-13-9-18(19(27)25-16-7-4-5-14(10-16)11-22)26-20(24-13)23-12-15-6-2-3-8-17(15)21/h2-10H,12H2,1H3,(H,25,27)(H,23,24,26). The van der Waals surface area contributed by atoms with Crippen LogP contribution in [-0.4, -0.2) is 15.9 Å². The van der Waals surface area contributed by atoms with E-state index in [0.29, 0.717) is 22.5 Å². The third-order valence-corrected chi connectivity index (χ3v) is 3.73. The molecule has 0 aliphatic carbocycles. The lowest BCUT2D eigenvalue weighted by atomic mass is 10.2. The number of carbonyl (C=O) groups excluding carboxylic acids is 1. The molecule has 0 radical (unpaired) electrons. The van der Waals surface area contributed by atoms with Gasteiger partial charge in [0.2, 0.25) is 5.95 Å². The number of hydrogen-bond donors (Lipinski definition) is 2. The molecule has 0 atom stereocenters. The second kappa shape index (κ2) is 8.06. The van der Waals surface area contributed by atoms with E-state index in [1.807, 2.05) is 6.07 Å². The van der Waals surface area contributed by atoms with Gasteiger partial charge in [-0.1, -0.05) is 24.3 Å². The van der Waals surface area contributed by atoms with Crippen LogP contribution in [0.1, 0.15) is 27.3 Å². The fraction of sp³-hybridized carbons (Fsp3) is 0.100. The van der Waals surface area contributed by atoms with E-state index in [1.54, 1.807) is 55.5 Å². The summed E-state index contributed by atoms with van der Waals surface area (Å²) in [5, 5.41) is 14.6. The van der Waals surface area contributed by atoms with Crippen molar-refractivity contribution >= 4 is 17.5 Å². The number of benzene rings is 2. The molecule has 7 heteroatoms. The van der Waals surface area contributed by atoms with E-state index in [1.165, 1.54) is 6.07 Å². The van der Waals surface area contributed by atoms with E-state index >= 15 is 0 Å². The molecule has 0 fully saturated rings. The molecule has 3 rings (SSSR count). The van der Waals surface area contributed by atoms with Gasteiger partial charge in [0.1, 0.15) is 11.5 Å². The van der Waals surface area contributed by atoms with Crippen molar-refractivity contribution in [2.75, 3.05) is 10.6 Å². The highest BCUT2D eigenvalue weighted by Gasteiger charge is 2.12. The highest BCUT2D eigenvalue weighted by atomic mass is 19.1. The summed E-state index contributed by atoms with van der Waals surface area (Å²) >= 11 is 0. The molecule has 6 nitrogen and oxygen atoms in total. The Labute approximate surface area is 155 Å². The van der Waals surface area contributed by atoms with E-state index in [4.69, 9.17) is 5.26 Å². The van der Waals surface area contributed by atoms with Crippen LogP contribution in [0.4, 0.5) is 16.0 Å². The fourth-order valence-corrected chi connectivity index (χ4v) is 2.44. The Morgan fingerprint density at radius 3 is 2.74 bits per heavy atom. The van der Waals surface area contributed by atoms with E-state index in [-0.39, 0.29) is 24.0 Å². The summed E-state index contributed by atoms with van der Waals surface area (Å²) in [5.74, 6) is -0.522. The average molecular weight is 361 g/mol. The van der Waals surface area contributed by atoms with E-state index in [2.05, 4.69) is 20.6 Å². The summed E-state index contributed by atoms with van der Waals surface area (Å²) in [5.41, 5.74) is 2.18. The largest absolute Gasteiger partial charge is 0.350 e. The molecule has 2 aromatic carbocycles. The summed E-state index contributed by atoms with van der Waals surface area (Å²) in [6, 6.07) is 16.6. The highest BCUT2D eigenvalue weighted by Crippen LogP contribution is 2.13. The fourth-order valence-electron chi connectivity index (χ4n) is 2.44. The molecule has 27 heavy (non-hydrogen) atoms. The number of aryl methyl sites for hydroxylation is 1. The van der Waals surface area contributed by atoms with Crippen LogP contribution >= 0.6 is 0 Å². The lowest BCUT2D eigenvalue weighted by molar-refractivity contribution is 0.102. The van der Waals surface area contributed by atoms with Gasteiger partial charge in [0.25, 0.3) is 5.91 Å². The van der Waals surface area contributed by atoms with Crippen molar-refractivity contribution in [3.8, 4) is 6.07 Å². The number of aromatic nitrogens is 2. The van der Waals surface area contributed by atoms with Crippen molar-refractivity contribution in [2.24, 2.45) is 0 Å². The highest BCUT2D eigenvalue weighted by molar-refractivity contribution is 6.03. The van der Waals surface area contributed by atoms with Gasteiger partial charge in [0.15, 0.2) is 0 Å².